The van der Waals surface area contributed by atoms with Crippen LogP contribution in [0.4, 0.5) is 0 Å². The quantitative estimate of drug-likeness (QED) is 0.526. The van der Waals surface area contributed by atoms with E-state index in [4.69, 9.17) is 16.0 Å². The summed E-state index contributed by atoms with van der Waals surface area (Å²) in [6.45, 7) is 3.91. The third-order valence-electron chi connectivity index (χ3n) is 2.24. The fourth-order valence-corrected chi connectivity index (χ4v) is 3.59. The molecule has 0 unspecified atom stereocenters. The van der Waals surface area contributed by atoms with E-state index in [-0.39, 0.29) is 5.28 Å². The van der Waals surface area contributed by atoms with Crippen molar-refractivity contribution < 1.29 is 4.42 Å². The van der Waals surface area contributed by atoms with Gasteiger partial charge >= 0.3 is 0 Å². The van der Waals surface area contributed by atoms with Crippen LogP contribution >= 0.6 is 34.7 Å². The number of hydrogen-bond acceptors (Lipinski definition) is 6. The van der Waals surface area contributed by atoms with Crippen molar-refractivity contribution in [1.82, 2.24) is 15.0 Å². The Morgan fingerprint density at radius 2 is 2.11 bits per heavy atom. The second-order valence-corrected chi connectivity index (χ2v) is 6.24. The number of rotatable bonds is 2. The molecule has 92 valence electrons. The Morgan fingerprint density at radius 1 is 1.28 bits per heavy atom. The first-order valence-electron chi connectivity index (χ1n) is 5.15. The molecular weight excluding hydrogens is 290 g/mol. The summed E-state index contributed by atoms with van der Waals surface area (Å²) in [4.78, 5) is 14.8. The molecule has 0 saturated heterocycles. The zero-order valence-electron chi connectivity index (χ0n) is 9.60. The zero-order chi connectivity index (χ0) is 12.7. The van der Waals surface area contributed by atoms with Crippen molar-refractivity contribution in [3.63, 3.8) is 0 Å². The van der Waals surface area contributed by atoms with Gasteiger partial charge in [-0.2, -0.15) is 0 Å². The first-order valence-corrected chi connectivity index (χ1v) is 7.16. The highest BCUT2D eigenvalue weighted by atomic mass is 35.5. The van der Waals surface area contributed by atoms with Gasteiger partial charge in [-0.1, -0.05) is 0 Å². The number of halogens is 1. The Balaban J connectivity index is 2.10. The summed E-state index contributed by atoms with van der Waals surface area (Å²) in [7, 11) is 0. The average Bonchev–Trinajstić information content (AvgIpc) is 2.84. The number of fused-ring (bicyclic) bond motifs is 1. The van der Waals surface area contributed by atoms with Crippen LogP contribution in [0.15, 0.2) is 27.0 Å². The minimum atomic E-state index is 0.245. The van der Waals surface area contributed by atoms with Crippen LogP contribution in [-0.4, -0.2) is 15.0 Å². The molecule has 4 nitrogen and oxygen atoms in total. The van der Waals surface area contributed by atoms with E-state index in [0.29, 0.717) is 5.22 Å². The van der Waals surface area contributed by atoms with E-state index in [0.717, 1.165) is 20.9 Å². The summed E-state index contributed by atoms with van der Waals surface area (Å²) in [6, 6.07) is 2.05. The normalized spacial score (nSPS) is 11.3. The third-order valence-corrected chi connectivity index (χ3v) is 4.22. The van der Waals surface area contributed by atoms with E-state index in [1.54, 1.807) is 17.6 Å². The van der Waals surface area contributed by atoms with Crippen LogP contribution < -0.4 is 0 Å². The first kappa shape index (κ1) is 12.0. The average molecular weight is 298 g/mol. The van der Waals surface area contributed by atoms with Gasteiger partial charge in [0.2, 0.25) is 5.28 Å². The fourth-order valence-electron chi connectivity index (χ4n) is 1.53. The van der Waals surface area contributed by atoms with E-state index in [1.807, 2.05) is 13.8 Å². The summed E-state index contributed by atoms with van der Waals surface area (Å²) < 4.78 is 5.32. The van der Waals surface area contributed by atoms with Gasteiger partial charge in [0.1, 0.15) is 16.1 Å². The molecule has 7 heteroatoms. The largest absolute Gasteiger partial charge is 0.439 e. The Bertz CT molecular complexity index is 722. The molecule has 0 fully saturated rings. The van der Waals surface area contributed by atoms with Crippen LogP contribution in [0.25, 0.3) is 10.2 Å². The molecule has 3 heterocycles. The van der Waals surface area contributed by atoms with Gasteiger partial charge in [-0.25, -0.2) is 15.0 Å². The van der Waals surface area contributed by atoms with Crippen LogP contribution in [0.5, 0.6) is 0 Å². The molecule has 3 rings (SSSR count). The molecule has 3 aromatic heterocycles. The minimum Gasteiger partial charge on any atom is -0.439 e. The first-order chi connectivity index (χ1) is 8.61. The highest BCUT2D eigenvalue weighted by Gasteiger charge is 2.13. The second-order valence-electron chi connectivity index (χ2n) is 3.73. The van der Waals surface area contributed by atoms with Crippen LogP contribution in [0.3, 0.4) is 0 Å². The lowest BCUT2D eigenvalue weighted by Crippen LogP contribution is -1.86. The zero-order valence-corrected chi connectivity index (χ0v) is 12.0. The van der Waals surface area contributed by atoms with Crippen molar-refractivity contribution in [2.24, 2.45) is 0 Å². The van der Waals surface area contributed by atoms with E-state index < -0.39 is 0 Å². The highest BCUT2D eigenvalue weighted by molar-refractivity contribution is 7.99. The molecule has 0 saturated carbocycles. The van der Waals surface area contributed by atoms with Gasteiger partial charge in [-0.15, -0.1) is 11.3 Å². The topological polar surface area (TPSA) is 51.8 Å². The molecule has 0 N–H and O–H groups in total. The second kappa shape index (κ2) is 4.53. The van der Waals surface area contributed by atoms with Gasteiger partial charge in [0.15, 0.2) is 0 Å². The molecule has 0 amide bonds. The predicted octanol–water partition coefficient (Wildman–Crippen LogP) is 4.10. The molecule has 18 heavy (non-hydrogen) atoms. The highest BCUT2D eigenvalue weighted by Crippen LogP contribution is 2.35. The lowest BCUT2D eigenvalue weighted by atomic mass is 10.4. The molecule has 0 aliphatic heterocycles. The van der Waals surface area contributed by atoms with Crippen molar-refractivity contribution in [3.05, 3.63) is 28.2 Å². The van der Waals surface area contributed by atoms with Crippen molar-refractivity contribution in [3.8, 4) is 0 Å². The molecule has 0 aliphatic carbocycles. The van der Waals surface area contributed by atoms with Crippen LogP contribution in [0.2, 0.25) is 5.28 Å². The molecule has 0 spiro atoms. The van der Waals surface area contributed by atoms with Gasteiger partial charge in [0, 0.05) is 10.3 Å². The van der Waals surface area contributed by atoms with E-state index in [9.17, 15) is 0 Å². The van der Waals surface area contributed by atoms with Gasteiger partial charge in [-0.3, -0.25) is 0 Å². The molecule has 3 aromatic rings. The van der Waals surface area contributed by atoms with Crippen molar-refractivity contribution in [1.29, 1.82) is 0 Å². The molecule has 0 aliphatic rings. The number of aromatic nitrogens is 3. The number of nitrogens with zero attached hydrogens (tertiary/aromatic N) is 3. The number of oxazole rings is 1. The maximum absolute atomic E-state index is 5.92. The molecule has 0 aromatic carbocycles. The Hall–Kier alpha value is -1.11. The maximum Gasteiger partial charge on any atom is 0.262 e. The molecule has 0 radical (unpaired) electrons. The number of thiophene rings is 1. The van der Waals surface area contributed by atoms with Gasteiger partial charge in [-0.05, 0) is 43.3 Å². The monoisotopic (exact) mass is 297 g/mol. The SMILES string of the molecule is Cc1coc(Sc2nc(Cl)nc3sc(C)cc23)n1. The summed E-state index contributed by atoms with van der Waals surface area (Å²) in [5, 5.41) is 2.57. The predicted molar refractivity (Wildman–Crippen MR) is 72.5 cm³/mol. The van der Waals surface area contributed by atoms with Gasteiger partial charge in [0.05, 0.1) is 5.69 Å². The van der Waals surface area contributed by atoms with Crippen LogP contribution in [-0.2, 0) is 0 Å². The Kier molecular flexibility index (Phi) is 3.01. The Labute approximate surface area is 116 Å². The Morgan fingerprint density at radius 3 is 2.83 bits per heavy atom. The van der Waals surface area contributed by atoms with Crippen molar-refractivity contribution >= 4 is 44.9 Å². The minimum absolute atomic E-state index is 0.245. The summed E-state index contributed by atoms with van der Waals surface area (Å²) in [5.74, 6) is 0. The lowest BCUT2D eigenvalue weighted by Gasteiger charge is -1.98. The number of aryl methyl sites for hydroxylation is 2. The van der Waals surface area contributed by atoms with Crippen molar-refractivity contribution in [2.45, 2.75) is 24.1 Å². The molecule has 0 bridgehead atoms. The summed E-state index contributed by atoms with van der Waals surface area (Å²) >= 11 is 8.88. The van der Waals surface area contributed by atoms with Crippen LogP contribution in [0.1, 0.15) is 10.6 Å². The van der Waals surface area contributed by atoms with E-state index in [1.165, 1.54) is 16.6 Å². The molecule has 0 atom stereocenters. The summed E-state index contributed by atoms with van der Waals surface area (Å²) in [6.07, 6.45) is 1.61. The van der Waals surface area contributed by atoms with Crippen molar-refractivity contribution in [2.75, 3.05) is 0 Å². The van der Waals surface area contributed by atoms with Crippen LogP contribution in [0, 0.1) is 13.8 Å². The lowest BCUT2D eigenvalue weighted by molar-refractivity contribution is 0.454. The van der Waals surface area contributed by atoms with Gasteiger partial charge in [0.25, 0.3) is 5.22 Å². The smallest absolute Gasteiger partial charge is 0.262 e. The number of hydrogen-bond donors (Lipinski definition) is 0. The molecular formula is C11H8ClN3OS2. The maximum atomic E-state index is 5.92. The summed E-state index contributed by atoms with van der Waals surface area (Å²) in [5.41, 5.74) is 0.843. The standard InChI is InChI=1S/C11H8ClN3OS2/c1-5-4-16-11(13-5)18-9-7-3-6(2)17-8(7)14-10(12)15-9/h3-4H,1-2H3. The van der Waals surface area contributed by atoms with Gasteiger partial charge < -0.3 is 4.42 Å². The van der Waals surface area contributed by atoms with E-state index in [2.05, 4.69) is 21.0 Å². The van der Waals surface area contributed by atoms with E-state index >= 15 is 0 Å². The third kappa shape index (κ3) is 2.23. The fraction of sp³-hybridized carbons (Fsp3) is 0.182.